The van der Waals surface area contributed by atoms with Crippen LogP contribution in [0.15, 0.2) is 47.6 Å². The lowest BCUT2D eigenvalue weighted by Gasteiger charge is -2.17. The minimum absolute atomic E-state index is 0.222. The van der Waals surface area contributed by atoms with Gasteiger partial charge < -0.3 is 0 Å². The van der Waals surface area contributed by atoms with Gasteiger partial charge in [-0.1, -0.05) is 47.2 Å². The van der Waals surface area contributed by atoms with E-state index >= 15 is 0 Å². The van der Waals surface area contributed by atoms with Gasteiger partial charge >= 0.3 is 6.18 Å². The molecule has 0 fully saturated rings. The fourth-order valence-corrected chi connectivity index (χ4v) is 3.25. The van der Waals surface area contributed by atoms with Crippen LogP contribution < -0.4 is 5.01 Å². The Kier molecular flexibility index (Phi) is 4.76. The highest BCUT2D eigenvalue weighted by Gasteiger charge is 2.32. The van der Waals surface area contributed by atoms with Crippen LogP contribution in [0.5, 0.6) is 0 Å². The Morgan fingerprint density at radius 1 is 1.16 bits per heavy atom. The van der Waals surface area contributed by atoms with Crippen molar-refractivity contribution in [3.8, 4) is 0 Å². The zero-order valence-electron chi connectivity index (χ0n) is 13.7. The summed E-state index contributed by atoms with van der Waals surface area (Å²) in [6.45, 7) is 2.64. The third kappa shape index (κ3) is 4.36. The second-order valence-corrected chi connectivity index (χ2v) is 6.75. The molecule has 2 aromatic carbocycles. The molecular weight excluding hydrogens is 347 g/mol. The first kappa shape index (κ1) is 17.4. The van der Waals surface area contributed by atoms with Gasteiger partial charge in [0.05, 0.1) is 16.4 Å². The Hall–Kier alpha value is -2.41. The Morgan fingerprint density at radius 3 is 2.64 bits per heavy atom. The Balaban J connectivity index is 1.97. The number of rotatable bonds is 4. The van der Waals surface area contributed by atoms with Crippen molar-refractivity contribution >= 4 is 32.9 Å². The number of aromatic nitrogens is 1. The molecule has 0 saturated heterocycles. The van der Waals surface area contributed by atoms with Crippen molar-refractivity contribution in [3.63, 3.8) is 0 Å². The molecule has 0 atom stereocenters. The van der Waals surface area contributed by atoms with E-state index < -0.39 is 12.7 Å². The van der Waals surface area contributed by atoms with Crippen LogP contribution in [0.25, 0.3) is 10.2 Å². The smallest absolute Gasteiger partial charge is 0.230 e. The number of anilines is 1. The fraction of sp³-hybridized carbons (Fsp3) is 0.222. The molecule has 0 radical (unpaired) electrons. The number of hydrogen-bond acceptors (Lipinski definition) is 4. The first-order valence-corrected chi connectivity index (χ1v) is 8.44. The molecule has 7 heteroatoms. The van der Waals surface area contributed by atoms with Crippen molar-refractivity contribution < 1.29 is 13.2 Å². The zero-order chi connectivity index (χ0) is 18.0. The van der Waals surface area contributed by atoms with Crippen LogP contribution in [0.1, 0.15) is 16.7 Å². The lowest BCUT2D eigenvalue weighted by molar-refractivity contribution is -0.119. The Bertz CT molecular complexity index is 882. The van der Waals surface area contributed by atoms with Gasteiger partial charge in [-0.2, -0.15) is 18.3 Å². The number of nitrogens with zero attached hydrogens (tertiary/aromatic N) is 3. The van der Waals surface area contributed by atoms with Gasteiger partial charge in [-0.3, -0.25) is 0 Å². The van der Waals surface area contributed by atoms with E-state index in [2.05, 4.69) is 10.1 Å². The largest absolute Gasteiger partial charge is 0.408 e. The topological polar surface area (TPSA) is 28.5 Å². The lowest BCUT2D eigenvalue weighted by Crippen LogP contribution is -2.30. The molecule has 25 heavy (non-hydrogen) atoms. The Labute approximate surface area is 147 Å². The van der Waals surface area contributed by atoms with E-state index in [1.165, 1.54) is 17.6 Å². The minimum Gasteiger partial charge on any atom is -0.230 e. The van der Waals surface area contributed by atoms with Crippen LogP contribution in [0.4, 0.5) is 18.3 Å². The summed E-state index contributed by atoms with van der Waals surface area (Å²) in [5.41, 5.74) is 3.42. The maximum atomic E-state index is 13.0. The molecule has 3 rings (SSSR count). The van der Waals surface area contributed by atoms with E-state index in [1.54, 1.807) is 12.1 Å². The summed E-state index contributed by atoms with van der Waals surface area (Å²) in [6, 6.07) is 13.0. The number of halogens is 3. The van der Waals surface area contributed by atoms with Crippen LogP contribution in [-0.4, -0.2) is 23.9 Å². The van der Waals surface area contributed by atoms with Crippen LogP contribution in [0.2, 0.25) is 0 Å². The van der Waals surface area contributed by atoms with E-state index in [9.17, 15) is 13.2 Å². The summed E-state index contributed by atoms with van der Waals surface area (Å²) in [7, 11) is 0. The number of fused-ring (bicyclic) bond motifs is 1. The SMILES string of the molecule is Cc1ccc(C)c(/C=N/N(CC(F)(F)F)c2nc3ccccc3s2)c1. The Morgan fingerprint density at radius 2 is 1.92 bits per heavy atom. The quantitative estimate of drug-likeness (QED) is 0.464. The molecule has 1 aromatic heterocycles. The van der Waals surface area contributed by atoms with Crippen LogP contribution in [-0.2, 0) is 0 Å². The maximum absolute atomic E-state index is 13.0. The molecule has 0 amide bonds. The lowest BCUT2D eigenvalue weighted by atomic mass is 10.1. The highest BCUT2D eigenvalue weighted by Crippen LogP contribution is 2.31. The number of para-hydroxylation sites is 1. The van der Waals surface area contributed by atoms with Crippen molar-refractivity contribution in [2.45, 2.75) is 20.0 Å². The molecule has 0 aliphatic heterocycles. The maximum Gasteiger partial charge on any atom is 0.408 e. The molecule has 0 aliphatic carbocycles. The predicted molar refractivity (Wildman–Crippen MR) is 96.5 cm³/mol. The summed E-state index contributed by atoms with van der Waals surface area (Å²) in [4.78, 5) is 4.28. The third-order valence-corrected chi connectivity index (χ3v) is 4.65. The summed E-state index contributed by atoms with van der Waals surface area (Å²) in [5, 5.41) is 5.21. The standard InChI is InChI=1S/C18H16F3N3S/c1-12-7-8-13(2)14(9-12)10-22-24(11-18(19,20)21)17-23-15-5-3-4-6-16(15)25-17/h3-10H,11H2,1-2H3/b22-10+. The average Bonchev–Trinajstić information content (AvgIpc) is 2.97. The molecular formula is C18H16F3N3S. The first-order valence-electron chi connectivity index (χ1n) is 7.63. The molecule has 0 saturated carbocycles. The van der Waals surface area contributed by atoms with Crippen LogP contribution in [0, 0.1) is 13.8 Å². The zero-order valence-corrected chi connectivity index (χ0v) is 14.5. The van der Waals surface area contributed by atoms with Crippen molar-refractivity contribution in [2.75, 3.05) is 11.6 Å². The van der Waals surface area contributed by atoms with Gasteiger partial charge in [0.1, 0.15) is 6.54 Å². The molecule has 130 valence electrons. The van der Waals surface area contributed by atoms with E-state index in [0.717, 1.165) is 26.4 Å². The number of thiazole rings is 1. The monoisotopic (exact) mass is 363 g/mol. The van der Waals surface area contributed by atoms with E-state index in [4.69, 9.17) is 0 Å². The fourth-order valence-electron chi connectivity index (χ4n) is 2.33. The summed E-state index contributed by atoms with van der Waals surface area (Å²) < 4.78 is 39.8. The van der Waals surface area contributed by atoms with Gasteiger partial charge in [0.15, 0.2) is 0 Å². The molecule has 0 unspecified atom stereocenters. The van der Waals surface area contributed by atoms with Gasteiger partial charge in [0, 0.05) is 0 Å². The molecule has 0 bridgehead atoms. The van der Waals surface area contributed by atoms with Gasteiger partial charge in [0.25, 0.3) is 0 Å². The van der Waals surface area contributed by atoms with Crippen LogP contribution in [0.3, 0.4) is 0 Å². The third-order valence-electron chi connectivity index (χ3n) is 3.60. The van der Waals surface area contributed by atoms with Crippen molar-refractivity contribution in [1.82, 2.24) is 4.98 Å². The number of hydrazone groups is 1. The van der Waals surface area contributed by atoms with Gasteiger partial charge in [0.2, 0.25) is 5.13 Å². The molecule has 1 heterocycles. The van der Waals surface area contributed by atoms with E-state index in [-0.39, 0.29) is 5.13 Å². The van der Waals surface area contributed by atoms with Gasteiger partial charge in [-0.25, -0.2) is 9.99 Å². The molecule has 0 N–H and O–H groups in total. The summed E-state index contributed by atoms with van der Waals surface area (Å²) in [6.07, 6.45) is -2.92. The number of hydrogen-bond donors (Lipinski definition) is 0. The highest BCUT2D eigenvalue weighted by atomic mass is 32.1. The first-order chi connectivity index (χ1) is 11.8. The van der Waals surface area contributed by atoms with Crippen molar-refractivity contribution in [3.05, 3.63) is 59.2 Å². The molecule has 3 aromatic rings. The summed E-state index contributed by atoms with van der Waals surface area (Å²) in [5.74, 6) is 0. The van der Waals surface area contributed by atoms with Gasteiger partial charge in [-0.05, 0) is 37.1 Å². The highest BCUT2D eigenvalue weighted by molar-refractivity contribution is 7.22. The predicted octanol–water partition coefficient (Wildman–Crippen LogP) is 5.32. The van der Waals surface area contributed by atoms with E-state index in [1.807, 2.05) is 44.2 Å². The van der Waals surface area contributed by atoms with Crippen molar-refractivity contribution in [1.29, 1.82) is 0 Å². The summed E-state index contributed by atoms with van der Waals surface area (Å²) >= 11 is 1.19. The molecule has 0 spiro atoms. The average molecular weight is 363 g/mol. The minimum atomic E-state index is -4.38. The van der Waals surface area contributed by atoms with Crippen molar-refractivity contribution in [2.24, 2.45) is 5.10 Å². The molecule has 3 nitrogen and oxygen atoms in total. The number of alkyl halides is 3. The normalized spacial score (nSPS) is 12.2. The second kappa shape index (κ2) is 6.84. The van der Waals surface area contributed by atoms with Gasteiger partial charge in [-0.15, -0.1) is 0 Å². The van der Waals surface area contributed by atoms with E-state index in [0.29, 0.717) is 5.52 Å². The molecule has 0 aliphatic rings. The van der Waals surface area contributed by atoms with Crippen LogP contribution >= 0.6 is 11.3 Å². The number of benzene rings is 2. The number of aryl methyl sites for hydroxylation is 2. The second-order valence-electron chi connectivity index (χ2n) is 5.74.